The molecule has 1 saturated heterocycles. The fourth-order valence-electron chi connectivity index (χ4n) is 14.2. The molecule has 0 bridgehead atoms. The highest BCUT2D eigenvalue weighted by Crippen LogP contribution is 2.43. The van der Waals surface area contributed by atoms with E-state index in [1.807, 2.05) is 0 Å². The molecule has 0 radical (unpaired) electrons. The first kappa shape index (κ1) is 54.2. The zero-order valence-corrected chi connectivity index (χ0v) is 52.0. The van der Waals surface area contributed by atoms with Gasteiger partial charge in [0.05, 0.1) is 33.3 Å². The van der Waals surface area contributed by atoms with Gasteiger partial charge in [-0.05, 0) is 178 Å². The molecule has 90 heavy (non-hydrogen) atoms. The van der Waals surface area contributed by atoms with E-state index >= 15 is 0 Å². The number of aromatic amines is 1. The van der Waals surface area contributed by atoms with E-state index in [1.54, 1.807) is 0 Å². The normalized spacial score (nSPS) is 14.1. The lowest BCUT2D eigenvalue weighted by Gasteiger charge is -2.32. The van der Waals surface area contributed by atoms with Gasteiger partial charge in [0.15, 0.2) is 0 Å². The van der Waals surface area contributed by atoms with Crippen LogP contribution in [0.5, 0.6) is 0 Å². The van der Waals surface area contributed by atoms with E-state index in [0.29, 0.717) is 0 Å². The van der Waals surface area contributed by atoms with E-state index in [9.17, 15) is 0 Å². The summed E-state index contributed by atoms with van der Waals surface area (Å²) in [6.45, 7) is 8.37. The van der Waals surface area contributed by atoms with Crippen molar-refractivity contribution >= 4 is 137 Å². The molecule has 17 aromatic rings. The van der Waals surface area contributed by atoms with Gasteiger partial charge in [-0.15, -0.1) is 0 Å². The molecule has 1 fully saturated rings. The summed E-state index contributed by atoms with van der Waals surface area (Å²) in [4.78, 5) is 3.56. The van der Waals surface area contributed by atoms with Crippen LogP contribution in [-0.4, -0.2) is 32.4 Å². The van der Waals surface area contributed by atoms with Gasteiger partial charge in [-0.2, -0.15) is 0 Å². The fraction of sp³-hybridized carbons (Fsp3) is 0.0843. The summed E-state index contributed by atoms with van der Waals surface area (Å²) in [6.07, 6.45) is 1.02. The van der Waals surface area contributed by atoms with Gasteiger partial charge in [-0.25, -0.2) is 0 Å². The molecule has 430 valence electrons. The molecule has 7 heteroatoms. The van der Waals surface area contributed by atoms with Crippen molar-refractivity contribution < 1.29 is 9.31 Å². The number of rotatable bonds is 4. The molecular formula is C83H61BBrN3O2. The van der Waals surface area contributed by atoms with E-state index in [4.69, 9.17) is 9.31 Å². The molecule has 14 aromatic carbocycles. The number of aromatic nitrogens is 3. The van der Waals surface area contributed by atoms with Crippen molar-refractivity contribution in [1.29, 1.82) is 0 Å². The summed E-state index contributed by atoms with van der Waals surface area (Å²) < 4.78 is 18.3. The van der Waals surface area contributed by atoms with Crippen LogP contribution < -0.4 is 5.46 Å². The topological polar surface area (TPSA) is 44.1 Å². The lowest BCUT2D eigenvalue weighted by atomic mass is 9.77. The maximum atomic E-state index is 6.18. The molecule has 1 aliphatic heterocycles. The molecule has 1 N–H and O–H groups in total. The number of hydrogen-bond donors (Lipinski definition) is 1. The van der Waals surface area contributed by atoms with Crippen LogP contribution >= 0.6 is 15.9 Å². The first-order valence-electron chi connectivity index (χ1n) is 31.1. The molecular weight excluding hydrogens is 1160 g/mol. The van der Waals surface area contributed by atoms with Crippen LogP contribution in [0.4, 0.5) is 0 Å². The van der Waals surface area contributed by atoms with Crippen molar-refractivity contribution in [3.63, 3.8) is 0 Å². The van der Waals surface area contributed by atoms with Crippen molar-refractivity contribution in [3.8, 4) is 33.6 Å². The third kappa shape index (κ3) is 8.97. The van der Waals surface area contributed by atoms with Crippen molar-refractivity contribution in [2.24, 2.45) is 0 Å². The quantitative estimate of drug-likeness (QED) is 0.179. The van der Waals surface area contributed by atoms with Gasteiger partial charge in [0, 0.05) is 70.0 Å². The van der Waals surface area contributed by atoms with Gasteiger partial charge in [0.25, 0.3) is 0 Å². The monoisotopic (exact) mass is 1220 g/mol. The molecule has 2 aliphatic rings. The predicted octanol–water partition coefficient (Wildman–Crippen LogP) is 21.8. The second-order valence-corrected chi connectivity index (χ2v) is 26.2. The predicted molar refractivity (Wildman–Crippen MR) is 384 cm³/mol. The van der Waals surface area contributed by atoms with E-state index in [2.05, 4.69) is 337 Å². The van der Waals surface area contributed by atoms with Crippen LogP contribution in [0.3, 0.4) is 0 Å². The van der Waals surface area contributed by atoms with Crippen LogP contribution in [0, 0.1) is 0 Å². The van der Waals surface area contributed by atoms with E-state index < -0.39 is 0 Å². The SMILES string of the molecule is Brc1ccc2c(c1)c1ccc3ccccc3c1n2-c1ccc2ccccc2c1.CC1(C)OB(c2ccc3c(c2)-c2ccccc2C3)OC1(C)C.c1ccc2cc(-n3c4ccc(-c5ccc6[nH]c7ccccc7c6c5)cc4c4ccc5ccccc5c43)ccc2c1. The van der Waals surface area contributed by atoms with Crippen LogP contribution in [0.1, 0.15) is 38.8 Å². The third-order valence-electron chi connectivity index (χ3n) is 19.4. The number of H-pyrrole nitrogens is 1. The van der Waals surface area contributed by atoms with Crippen molar-refractivity contribution in [2.75, 3.05) is 0 Å². The average molecular weight is 1220 g/mol. The summed E-state index contributed by atoms with van der Waals surface area (Å²) in [5.74, 6) is 0. The standard InChI is InChI=1S/C38H24N2.C26H16BrN.C19H21BO2/c1-2-9-26-21-29(17-13-24(26)7-1)40-37-20-16-28(23-34(37)32-18-14-25-8-3-4-10-30(25)38(32)40)27-15-19-36-33(22-27)31-11-5-6-12-35(31)39-36;27-20-11-14-25-24(16-20)23-13-10-18-6-3-4-8-22(18)26(23)28(25)21-12-9-17-5-1-2-7-19(17)15-21;1-18(2)19(3,4)22-20(21-18)15-10-9-14-11-13-7-5-6-8-16(13)17(14)12-15/h1-23,39H;1-16H;5-10,12H,11H2,1-4H3. The highest BCUT2D eigenvalue weighted by Gasteiger charge is 2.52. The lowest BCUT2D eigenvalue weighted by Crippen LogP contribution is -2.41. The summed E-state index contributed by atoms with van der Waals surface area (Å²) in [6, 6.07) is 101. The Bertz CT molecular complexity index is 5750. The molecule has 1 aliphatic carbocycles. The Morgan fingerprint density at radius 2 is 0.833 bits per heavy atom. The van der Waals surface area contributed by atoms with Gasteiger partial charge in [0.2, 0.25) is 0 Å². The number of nitrogens with zero attached hydrogens (tertiary/aromatic N) is 2. The van der Waals surface area contributed by atoms with E-state index in [0.717, 1.165) is 16.4 Å². The Kier molecular flexibility index (Phi) is 12.7. The third-order valence-corrected chi connectivity index (χ3v) is 19.9. The number of nitrogens with one attached hydrogen (secondary N) is 1. The highest BCUT2D eigenvalue weighted by atomic mass is 79.9. The van der Waals surface area contributed by atoms with Crippen LogP contribution in [0.25, 0.3) is 142 Å². The smallest absolute Gasteiger partial charge is 0.399 e. The summed E-state index contributed by atoms with van der Waals surface area (Å²) in [7, 11) is -0.289. The van der Waals surface area contributed by atoms with E-state index in [1.165, 1.54) is 153 Å². The zero-order chi connectivity index (χ0) is 60.4. The highest BCUT2D eigenvalue weighted by molar-refractivity contribution is 9.10. The van der Waals surface area contributed by atoms with Crippen molar-refractivity contribution in [3.05, 3.63) is 295 Å². The van der Waals surface area contributed by atoms with E-state index in [-0.39, 0.29) is 18.3 Å². The van der Waals surface area contributed by atoms with Crippen molar-refractivity contribution in [2.45, 2.75) is 45.3 Å². The van der Waals surface area contributed by atoms with Crippen LogP contribution in [-0.2, 0) is 15.7 Å². The minimum absolute atomic E-state index is 0.289. The average Bonchev–Trinajstić information content (AvgIpc) is 1.73. The maximum absolute atomic E-state index is 6.18. The van der Waals surface area contributed by atoms with Gasteiger partial charge < -0.3 is 23.4 Å². The summed E-state index contributed by atoms with van der Waals surface area (Å²) >= 11 is 3.66. The maximum Gasteiger partial charge on any atom is 0.494 e. The lowest BCUT2D eigenvalue weighted by molar-refractivity contribution is 0.00578. The van der Waals surface area contributed by atoms with Crippen LogP contribution in [0.2, 0.25) is 0 Å². The number of hydrogen-bond acceptors (Lipinski definition) is 2. The van der Waals surface area contributed by atoms with Gasteiger partial charge in [-0.1, -0.05) is 222 Å². The molecule has 0 amide bonds. The summed E-state index contributed by atoms with van der Waals surface area (Å²) in [5, 5.41) is 17.7. The molecule has 19 rings (SSSR count). The zero-order valence-electron chi connectivity index (χ0n) is 50.4. The Balaban J connectivity index is 0.000000110. The fourth-order valence-corrected chi connectivity index (χ4v) is 14.5. The largest absolute Gasteiger partial charge is 0.494 e. The second kappa shape index (κ2) is 21.1. The molecule has 0 spiro atoms. The molecule has 4 heterocycles. The van der Waals surface area contributed by atoms with Crippen molar-refractivity contribution in [1.82, 2.24) is 14.1 Å². The molecule has 0 saturated carbocycles. The van der Waals surface area contributed by atoms with Gasteiger partial charge in [-0.3, -0.25) is 0 Å². The Labute approximate surface area is 530 Å². The second-order valence-electron chi connectivity index (χ2n) is 25.3. The number of para-hydroxylation sites is 1. The summed E-state index contributed by atoms with van der Waals surface area (Å²) in [5.41, 5.74) is 18.1. The minimum Gasteiger partial charge on any atom is -0.399 e. The molecule has 0 atom stereocenters. The van der Waals surface area contributed by atoms with Crippen LogP contribution in [0.15, 0.2) is 284 Å². The Morgan fingerprint density at radius 3 is 1.47 bits per heavy atom. The van der Waals surface area contributed by atoms with Gasteiger partial charge in [0.1, 0.15) is 0 Å². The molecule has 3 aromatic heterocycles. The van der Waals surface area contributed by atoms with Gasteiger partial charge >= 0.3 is 7.12 Å². The number of benzene rings is 14. The Morgan fingerprint density at radius 1 is 0.356 bits per heavy atom. The first-order valence-corrected chi connectivity index (χ1v) is 31.9. The number of halogens is 1. The first-order chi connectivity index (χ1) is 44.0. The Hall–Kier alpha value is -10.0. The molecule has 0 unspecified atom stereocenters. The number of fused-ring (bicyclic) bond motifs is 18. The molecule has 5 nitrogen and oxygen atoms in total. The minimum atomic E-state index is -0.297.